The fourth-order valence-electron chi connectivity index (χ4n) is 2.28. The van der Waals surface area contributed by atoms with Gasteiger partial charge in [0.2, 0.25) is 0 Å². The van der Waals surface area contributed by atoms with Gasteiger partial charge in [-0.3, -0.25) is 4.79 Å². The summed E-state index contributed by atoms with van der Waals surface area (Å²) in [4.78, 5) is 12.4. The molecule has 0 bridgehead atoms. The molecule has 0 aromatic heterocycles. The van der Waals surface area contributed by atoms with Gasteiger partial charge in [-0.25, -0.2) is 13.2 Å². The van der Waals surface area contributed by atoms with Crippen LogP contribution in [0.1, 0.15) is 21.5 Å². The molecule has 0 amide bonds. The number of benzene rings is 2. The van der Waals surface area contributed by atoms with E-state index in [1.165, 1.54) is 6.07 Å². The van der Waals surface area contributed by atoms with Crippen LogP contribution >= 0.6 is 11.6 Å². The average molecular weight is 313 g/mol. The molecule has 1 aliphatic heterocycles. The SMILES string of the molecule is O=C(c1cc(F)c(F)c(F)c1)c1cc(Cl)cc2c1OCC2. The molecule has 108 valence electrons. The molecular weight excluding hydrogens is 305 g/mol. The van der Waals surface area contributed by atoms with Crippen molar-refractivity contribution in [3.8, 4) is 5.75 Å². The fraction of sp³-hybridized carbons (Fsp3) is 0.133. The lowest BCUT2D eigenvalue weighted by Gasteiger charge is -2.09. The second kappa shape index (κ2) is 5.07. The van der Waals surface area contributed by atoms with E-state index in [1.54, 1.807) is 6.07 Å². The predicted molar refractivity (Wildman–Crippen MR) is 70.4 cm³/mol. The Balaban J connectivity index is 2.12. The number of hydrogen-bond donors (Lipinski definition) is 0. The van der Waals surface area contributed by atoms with Gasteiger partial charge in [0.15, 0.2) is 23.2 Å². The Morgan fingerprint density at radius 2 is 1.76 bits per heavy atom. The van der Waals surface area contributed by atoms with Gasteiger partial charge in [0, 0.05) is 17.0 Å². The molecule has 0 spiro atoms. The summed E-state index contributed by atoms with van der Waals surface area (Å²) in [7, 11) is 0. The number of rotatable bonds is 2. The molecule has 2 aromatic carbocycles. The van der Waals surface area contributed by atoms with Crippen LogP contribution in [-0.4, -0.2) is 12.4 Å². The van der Waals surface area contributed by atoms with Gasteiger partial charge in [0.1, 0.15) is 5.75 Å². The molecule has 1 aliphatic rings. The summed E-state index contributed by atoms with van der Waals surface area (Å²) < 4.78 is 44.8. The van der Waals surface area contributed by atoms with Gasteiger partial charge < -0.3 is 4.74 Å². The summed E-state index contributed by atoms with van der Waals surface area (Å²) in [6, 6.07) is 4.35. The summed E-state index contributed by atoms with van der Waals surface area (Å²) in [6.07, 6.45) is 0.600. The molecule has 0 atom stereocenters. The monoisotopic (exact) mass is 312 g/mol. The highest BCUT2D eigenvalue weighted by Crippen LogP contribution is 2.34. The van der Waals surface area contributed by atoms with E-state index in [9.17, 15) is 18.0 Å². The average Bonchev–Trinajstić information content (AvgIpc) is 2.90. The third-order valence-electron chi connectivity index (χ3n) is 3.24. The van der Waals surface area contributed by atoms with E-state index >= 15 is 0 Å². The molecule has 21 heavy (non-hydrogen) atoms. The number of fused-ring (bicyclic) bond motifs is 1. The van der Waals surface area contributed by atoms with Crippen LogP contribution in [0.15, 0.2) is 24.3 Å². The molecule has 0 unspecified atom stereocenters. The van der Waals surface area contributed by atoms with Crippen molar-refractivity contribution in [3.05, 3.63) is 63.4 Å². The normalized spacial score (nSPS) is 13.0. The van der Waals surface area contributed by atoms with Crippen molar-refractivity contribution in [1.82, 2.24) is 0 Å². The van der Waals surface area contributed by atoms with Crippen LogP contribution < -0.4 is 4.74 Å². The summed E-state index contributed by atoms with van der Waals surface area (Å²) >= 11 is 5.93. The lowest BCUT2D eigenvalue weighted by molar-refractivity contribution is 0.103. The third kappa shape index (κ3) is 2.38. The number of halogens is 4. The highest BCUT2D eigenvalue weighted by atomic mass is 35.5. The van der Waals surface area contributed by atoms with Crippen LogP contribution in [0.25, 0.3) is 0 Å². The van der Waals surface area contributed by atoms with E-state index < -0.39 is 23.2 Å². The van der Waals surface area contributed by atoms with Crippen LogP contribution in [0.3, 0.4) is 0 Å². The maximum absolute atomic E-state index is 13.2. The van der Waals surface area contributed by atoms with E-state index in [2.05, 4.69) is 0 Å². The molecule has 0 radical (unpaired) electrons. The number of carbonyl (C=O) groups is 1. The zero-order chi connectivity index (χ0) is 15.1. The van der Waals surface area contributed by atoms with Crippen molar-refractivity contribution in [2.24, 2.45) is 0 Å². The summed E-state index contributed by atoms with van der Waals surface area (Å²) in [5, 5.41) is 0.325. The van der Waals surface area contributed by atoms with Crippen molar-refractivity contribution in [1.29, 1.82) is 0 Å². The smallest absolute Gasteiger partial charge is 0.197 e. The van der Waals surface area contributed by atoms with Gasteiger partial charge in [-0.05, 0) is 29.8 Å². The lowest BCUT2D eigenvalue weighted by Crippen LogP contribution is -2.06. The molecule has 0 saturated heterocycles. The van der Waals surface area contributed by atoms with Crippen molar-refractivity contribution in [2.45, 2.75) is 6.42 Å². The molecule has 6 heteroatoms. The second-order valence-corrected chi connectivity index (χ2v) is 5.06. The first kappa shape index (κ1) is 13.9. The Morgan fingerprint density at radius 1 is 1.10 bits per heavy atom. The number of hydrogen-bond acceptors (Lipinski definition) is 2. The van der Waals surface area contributed by atoms with E-state index in [4.69, 9.17) is 16.3 Å². The van der Waals surface area contributed by atoms with Crippen LogP contribution in [0, 0.1) is 17.5 Å². The van der Waals surface area contributed by atoms with Crippen LogP contribution in [-0.2, 0) is 6.42 Å². The van der Waals surface area contributed by atoms with E-state index in [-0.39, 0.29) is 11.1 Å². The standard InChI is InChI=1S/C15H8ClF3O2/c16-9-3-7-1-2-21-15(7)10(6-9)14(20)8-4-11(17)13(19)12(18)5-8/h3-6H,1-2H2. The molecule has 0 fully saturated rings. The molecule has 2 nitrogen and oxygen atoms in total. The van der Waals surface area contributed by atoms with Crippen molar-refractivity contribution >= 4 is 17.4 Å². The lowest BCUT2D eigenvalue weighted by atomic mass is 9.99. The largest absolute Gasteiger partial charge is 0.492 e. The number of ketones is 1. The van der Waals surface area contributed by atoms with Gasteiger partial charge in [-0.1, -0.05) is 11.6 Å². The molecule has 0 saturated carbocycles. The molecule has 2 aromatic rings. The van der Waals surface area contributed by atoms with Gasteiger partial charge in [-0.15, -0.1) is 0 Å². The van der Waals surface area contributed by atoms with Crippen molar-refractivity contribution in [3.63, 3.8) is 0 Å². The zero-order valence-electron chi connectivity index (χ0n) is 10.6. The van der Waals surface area contributed by atoms with Gasteiger partial charge >= 0.3 is 0 Å². The highest BCUT2D eigenvalue weighted by Gasteiger charge is 2.24. The minimum atomic E-state index is -1.61. The highest BCUT2D eigenvalue weighted by molar-refractivity contribution is 6.31. The summed E-state index contributed by atoms with van der Waals surface area (Å²) in [5.41, 5.74) is 0.570. The predicted octanol–water partition coefficient (Wildman–Crippen LogP) is 3.92. The van der Waals surface area contributed by atoms with Gasteiger partial charge in [0.25, 0.3) is 0 Å². The Hall–Kier alpha value is -2.01. The van der Waals surface area contributed by atoms with Crippen LogP contribution in [0.2, 0.25) is 5.02 Å². The molecular formula is C15H8ClF3O2. The van der Waals surface area contributed by atoms with Gasteiger partial charge in [0.05, 0.1) is 12.2 Å². The molecule has 0 aliphatic carbocycles. The molecule has 1 heterocycles. The minimum Gasteiger partial charge on any atom is -0.492 e. The maximum Gasteiger partial charge on any atom is 0.197 e. The summed E-state index contributed by atoms with van der Waals surface area (Å²) in [5.74, 6) is -4.77. The first-order valence-corrected chi connectivity index (χ1v) is 6.49. The maximum atomic E-state index is 13.2. The Labute approximate surface area is 123 Å². The fourth-order valence-corrected chi connectivity index (χ4v) is 2.52. The minimum absolute atomic E-state index is 0.111. The van der Waals surface area contributed by atoms with E-state index in [0.717, 1.165) is 5.56 Å². The first-order valence-electron chi connectivity index (χ1n) is 6.12. The van der Waals surface area contributed by atoms with Crippen LogP contribution in [0.5, 0.6) is 5.75 Å². The number of carbonyl (C=O) groups excluding carboxylic acids is 1. The first-order chi connectivity index (χ1) is 9.97. The second-order valence-electron chi connectivity index (χ2n) is 4.62. The Morgan fingerprint density at radius 3 is 2.43 bits per heavy atom. The Bertz CT molecular complexity index is 736. The molecule has 3 rings (SSSR count). The zero-order valence-corrected chi connectivity index (χ0v) is 11.3. The molecule has 0 N–H and O–H groups in total. The third-order valence-corrected chi connectivity index (χ3v) is 3.46. The van der Waals surface area contributed by atoms with Crippen LogP contribution in [0.4, 0.5) is 13.2 Å². The quantitative estimate of drug-likeness (QED) is 0.620. The number of ether oxygens (including phenoxy) is 1. The van der Waals surface area contributed by atoms with Gasteiger partial charge in [-0.2, -0.15) is 0 Å². The van der Waals surface area contributed by atoms with Crippen molar-refractivity contribution in [2.75, 3.05) is 6.61 Å². The van der Waals surface area contributed by atoms with Crippen molar-refractivity contribution < 1.29 is 22.7 Å². The Kier molecular flexibility index (Phi) is 3.37. The van der Waals surface area contributed by atoms with E-state index in [0.29, 0.717) is 35.9 Å². The topological polar surface area (TPSA) is 26.3 Å². The van der Waals surface area contributed by atoms with E-state index in [1.807, 2.05) is 0 Å². The summed E-state index contributed by atoms with van der Waals surface area (Å²) in [6.45, 7) is 0.405.